The number of nitrogens with zero attached hydrogens (tertiary/aromatic N) is 2. The second-order valence-corrected chi connectivity index (χ2v) is 5.02. The molecule has 0 aliphatic carbocycles. The molecule has 1 N–H and O–H groups in total. The number of nitrogens with one attached hydrogen (secondary N) is 1. The number of amides is 1. The summed E-state index contributed by atoms with van der Waals surface area (Å²) < 4.78 is 15.9. The summed E-state index contributed by atoms with van der Waals surface area (Å²) in [6.07, 6.45) is 1.47. The Morgan fingerprint density at radius 2 is 2.00 bits per heavy atom. The Hall–Kier alpha value is -3.27. The van der Waals surface area contributed by atoms with Crippen molar-refractivity contribution in [1.82, 2.24) is 5.16 Å². The van der Waals surface area contributed by atoms with E-state index in [1.54, 1.807) is 31.2 Å². The van der Waals surface area contributed by atoms with Crippen LogP contribution in [0.15, 0.2) is 34.4 Å². The Labute approximate surface area is 145 Å². The monoisotopic (exact) mass is 341 g/mol. The zero-order valence-corrected chi connectivity index (χ0v) is 14.3. The van der Waals surface area contributed by atoms with Crippen LogP contribution in [0.4, 0.5) is 5.82 Å². The molecule has 0 saturated carbocycles. The van der Waals surface area contributed by atoms with Crippen molar-refractivity contribution in [3.63, 3.8) is 0 Å². The highest BCUT2D eigenvalue weighted by Gasteiger charge is 2.13. The summed E-state index contributed by atoms with van der Waals surface area (Å²) in [5.41, 5.74) is 0.585. The van der Waals surface area contributed by atoms with Gasteiger partial charge in [-0.2, -0.15) is 5.26 Å². The van der Waals surface area contributed by atoms with Gasteiger partial charge < -0.3 is 19.3 Å². The molecule has 0 unspecified atom stereocenters. The molecule has 130 valence electrons. The Balaban J connectivity index is 2.24. The summed E-state index contributed by atoms with van der Waals surface area (Å²) in [4.78, 5) is 12.2. The number of hydrogen-bond acceptors (Lipinski definition) is 6. The van der Waals surface area contributed by atoms with E-state index >= 15 is 0 Å². The zero-order chi connectivity index (χ0) is 18.2. The summed E-state index contributed by atoms with van der Waals surface area (Å²) in [6, 6.07) is 8.67. The number of aromatic nitrogens is 1. The summed E-state index contributed by atoms with van der Waals surface area (Å²) in [5.74, 6) is 1.42. The lowest BCUT2D eigenvalue weighted by molar-refractivity contribution is -0.112. The van der Waals surface area contributed by atoms with Gasteiger partial charge in [-0.15, -0.1) is 0 Å². The van der Waals surface area contributed by atoms with Gasteiger partial charge in [-0.05, 0) is 44.5 Å². The lowest BCUT2D eigenvalue weighted by Gasteiger charge is -2.11. The molecule has 0 fully saturated rings. The highest BCUT2D eigenvalue weighted by Crippen LogP contribution is 2.29. The molecule has 0 saturated heterocycles. The molecule has 1 aromatic carbocycles. The van der Waals surface area contributed by atoms with Gasteiger partial charge >= 0.3 is 0 Å². The Morgan fingerprint density at radius 1 is 1.28 bits per heavy atom. The van der Waals surface area contributed by atoms with E-state index in [9.17, 15) is 10.1 Å². The highest BCUT2D eigenvalue weighted by atomic mass is 16.5. The molecule has 0 spiro atoms. The number of hydrogen-bond donors (Lipinski definition) is 1. The minimum atomic E-state index is -0.567. The van der Waals surface area contributed by atoms with E-state index in [-0.39, 0.29) is 11.4 Å². The largest absolute Gasteiger partial charge is 0.490 e. The predicted octanol–water partition coefficient (Wildman–Crippen LogP) is 3.33. The number of rotatable bonds is 7. The van der Waals surface area contributed by atoms with Crippen molar-refractivity contribution in [2.45, 2.75) is 20.8 Å². The number of ether oxygens (including phenoxy) is 2. The smallest absolute Gasteiger partial charge is 0.267 e. The van der Waals surface area contributed by atoms with E-state index in [0.717, 1.165) is 0 Å². The molecule has 2 rings (SSSR count). The fraction of sp³-hybridized carbons (Fsp3) is 0.278. The van der Waals surface area contributed by atoms with E-state index in [1.165, 1.54) is 6.08 Å². The first kappa shape index (κ1) is 18.1. The molecular formula is C18H19N3O4. The Morgan fingerprint density at radius 3 is 2.60 bits per heavy atom. The van der Waals surface area contributed by atoms with Gasteiger partial charge in [-0.1, -0.05) is 11.2 Å². The maximum Gasteiger partial charge on any atom is 0.267 e. The maximum atomic E-state index is 12.2. The van der Waals surface area contributed by atoms with E-state index < -0.39 is 5.91 Å². The third-order valence-corrected chi connectivity index (χ3v) is 3.11. The van der Waals surface area contributed by atoms with Crippen LogP contribution in [0.2, 0.25) is 0 Å². The highest BCUT2D eigenvalue weighted by molar-refractivity contribution is 6.09. The van der Waals surface area contributed by atoms with Crippen LogP contribution in [0.1, 0.15) is 25.2 Å². The van der Waals surface area contributed by atoms with Gasteiger partial charge in [-0.25, -0.2) is 0 Å². The van der Waals surface area contributed by atoms with Crippen molar-refractivity contribution in [2.75, 3.05) is 18.5 Å². The molecule has 0 aliphatic rings. The fourth-order valence-electron chi connectivity index (χ4n) is 2.08. The summed E-state index contributed by atoms with van der Waals surface area (Å²) in [6.45, 7) is 6.45. The van der Waals surface area contributed by atoms with Crippen molar-refractivity contribution in [2.24, 2.45) is 0 Å². The average molecular weight is 341 g/mol. The van der Waals surface area contributed by atoms with Crippen LogP contribution in [0, 0.1) is 18.3 Å². The van der Waals surface area contributed by atoms with Gasteiger partial charge in [0, 0.05) is 6.07 Å². The minimum absolute atomic E-state index is 0.0627. The van der Waals surface area contributed by atoms with Crippen LogP contribution < -0.4 is 14.8 Å². The molecule has 7 heteroatoms. The molecular weight excluding hydrogens is 322 g/mol. The second kappa shape index (κ2) is 8.55. The molecule has 25 heavy (non-hydrogen) atoms. The summed E-state index contributed by atoms with van der Waals surface area (Å²) >= 11 is 0. The van der Waals surface area contributed by atoms with Crippen molar-refractivity contribution in [3.8, 4) is 17.6 Å². The predicted molar refractivity (Wildman–Crippen MR) is 92.2 cm³/mol. The summed E-state index contributed by atoms with van der Waals surface area (Å²) in [7, 11) is 0. The number of benzene rings is 1. The van der Waals surface area contributed by atoms with Crippen LogP contribution in [-0.2, 0) is 4.79 Å². The third-order valence-electron chi connectivity index (χ3n) is 3.11. The lowest BCUT2D eigenvalue weighted by atomic mass is 10.1. The van der Waals surface area contributed by atoms with Gasteiger partial charge in [0.25, 0.3) is 5.91 Å². The third kappa shape index (κ3) is 4.85. The van der Waals surface area contributed by atoms with Crippen molar-refractivity contribution in [3.05, 3.63) is 41.2 Å². The first-order valence-corrected chi connectivity index (χ1v) is 7.83. The molecule has 0 radical (unpaired) electrons. The second-order valence-electron chi connectivity index (χ2n) is 5.02. The topological polar surface area (TPSA) is 97.4 Å². The van der Waals surface area contributed by atoms with Gasteiger partial charge in [0.2, 0.25) is 0 Å². The first-order valence-electron chi connectivity index (χ1n) is 7.83. The van der Waals surface area contributed by atoms with E-state index in [2.05, 4.69) is 10.5 Å². The van der Waals surface area contributed by atoms with Gasteiger partial charge in [0.15, 0.2) is 17.3 Å². The van der Waals surface area contributed by atoms with Crippen LogP contribution in [-0.4, -0.2) is 24.3 Å². The fourth-order valence-corrected chi connectivity index (χ4v) is 2.08. The van der Waals surface area contributed by atoms with E-state index in [1.807, 2.05) is 19.9 Å². The molecule has 1 aromatic heterocycles. The number of anilines is 1. The number of aryl methyl sites for hydroxylation is 1. The number of carbonyl (C=O) groups is 1. The normalized spacial score (nSPS) is 10.9. The molecule has 0 bridgehead atoms. The molecule has 1 heterocycles. The van der Waals surface area contributed by atoms with Crippen LogP contribution in [0.25, 0.3) is 6.08 Å². The van der Waals surface area contributed by atoms with Gasteiger partial charge in [0.1, 0.15) is 17.4 Å². The van der Waals surface area contributed by atoms with Gasteiger partial charge in [0.05, 0.1) is 13.2 Å². The van der Waals surface area contributed by atoms with Crippen molar-refractivity contribution in [1.29, 1.82) is 5.26 Å². The SMILES string of the molecule is CCOc1ccc(/C=C(/C#N)C(=O)Nc2cc(C)on2)cc1OCC. The average Bonchev–Trinajstić information content (AvgIpc) is 3.00. The zero-order valence-electron chi connectivity index (χ0n) is 14.3. The van der Waals surface area contributed by atoms with Crippen molar-refractivity contribution >= 4 is 17.8 Å². The standard InChI is InChI=1S/C18H19N3O4/c1-4-23-15-7-6-13(10-16(15)24-5-2)9-14(11-19)18(22)20-17-8-12(3)25-21-17/h6-10H,4-5H2,1-3H3,(H,20,21,22)/b14-9-. The number of nitriles is 1. The Bertz CT molecular complexity index is 818. The van der Waals surface area contributed by atoms with E-state index in [4.69, 9.17) is 14.0 Å². The summed E-state index contributed by atoms with van der Waals surface area (Å²) in [5, 5.41) is 15.5. The first-order chi connectivity index (χ1) is 12.1. The molecule has 0 aliphatic heterocycles. The lowest BCUT2D eigenvalue weighted by Crippen LogP contribution is -2.13. The van der Waals surface area contributed by atoms with E-state index in [0.29, 0.717) is 36.0 Å². The van der Waals surface area contributed by atoms with Crippen molar-refractivity contribution < 1.29 is 18.8 Å². The molecule has 1 amide bonds. The molecule has 7 nitrogen and oxygen atoms in total. The van der Waals surface area contributed by atoms with Crippen LogP contribution in [0.5, 0.6) is 11.5 Å². The van der Waals surface area contributed by atoms with Crippen LogP contribution >= 0.6 is 0 Å². The number of carbonyl (C=O) groups excluding carboxylic acids is 1. The van der Waals surface area contributed by atoms with Gasteiger partial charge in [-0.3, -0.25) is 4.79 Å². The minimum Gasteiger partial charge on any atom is -0.490 e. The molecule has 2 aromatic rings. The molecule has 0 atom stereocenters. The maximum absolute atomic E-state index is 12.2. The Kier molecular flexibility index (Phi) is 6.18. The quantitative estimate of drug-likeness (QED) is 0.613. The van der Waals surface area contributed by atoms with Crippen LogP contribution in [0.3, 0.4) is 0 Å².